The normalized spacial score (nSPS) is 13.7. The van der Waals surface area contributed by atoms with E-state index >= 15 is 0 Å². The highest BCUT2D eigenvalue weighted by Gasteiger charge is 2.21. The second-order valence-electron chi connectivity index (χ2n) is 4.32. The Balaban J connectivity index is 0.000000567. The Labute approximate surface area is 123 Å². The van der Waals surface area contributed by atoms with Crippen molar-refractivity contribution in [1.82, 2.24) is 11.0 Å². The number of nitrogens with zero attached hydrogens (tertiary/aromatic N) is 1. The maximum absolute atomic E-state index is 11.1. The van der Waals surface area contributed by atoms with Gasteiger partial charge in [-0.2, -0.15) is 4.84 Å². The van der Waals surface area contributed by atoms with E-state index in [1.165, 1.54) is 13.8 Å². The van der Waals surface area contributed by atoms with E-state index in [4.69, 9.17) is 0 Å². The standard InChI is InChI=1S/C8H16N3O4.C4H8O2/c1-7(12)14-6-15-10-11(13)9-8-4-2-3-5-8;1-3-6-4(2)5/h8H,2-6H2,1H3,(H2,9,10,13);3H2,1-2H3/q+1;. The van der Waals surface area contributed by atoms with Gasteiger partial charge in [0, 0.05) is 19.4 Å². The molecule has 2 N–H and O–H groups in total. The van der Waals surface area contributed by atoms with Crippen LogP contribution in [0.25, 0.3) is 0 Å². The summed E-state index contributed by atoms with van der Waals surface area (Å²) >= 11 is 0. The summed E-state index contributed by atoms with van der Waals surface area (Å²) in [7, 11) is 0. The summed E-state index contributed by atoms with van der Waals surface area (Å²) in [6, 6.07) is 0.201. The van der Waals surface area contributed by atoms with Gasteiger partial charge in [0.25, 0.3) is 4.98 Å². The predicted molar refractivity (Wildman–Crippen MR) is 72.2 cm³/mol. The minimum absolute atomic E-state index is 0.201. The van der Waals surface area contributed by atoms with Gasteiger partial charge in [-0.3, -0.25) is 9.59 Å². The van der Waals surface area contributed by atoms with Crippen molar-refractivity contribution in [2.24, 2.45) is 0 Å². The van der Waals surface area contributed by atoms with Crippen molar-refractivity contribution in [3.05, 3.63) is 4.91 Å². The molecule has 21 heavy (non-hydrogen) atoms. The van der Waals surface area contributed by atoms with Crippen molar-refractivity contribution < 1.29 is 28.9 Å². The molecule has 122 valence electrons. The van der Waals surface area contributed by atoms with Gasteiger partial charge in [0.1, 0.15) is 0 Å². The lowest BCUT2D eigenvalue weighted by atomic mass is 10.3. The van der Waals surface area contributed by atoms with Crippen LogP contribution in [0.4, 0.5) is 0 Å². The summed E-state index contributed by atoms with van der Waals surface area (Å²) in [5.74, 6) is -0.671. The maximum atomic E-state index is 11.1. The number of rotatable bonds is 7. The zero-order valence-electron chi connectivity index (χ0n) is 12.7. The highest BCUT2D eigenvalue weighted by molar-refractivity contribution is 5.66. The molecule has 0 aliphatic heterocycles. The number of ether oxygens (including phenoxy) is 2. The second-order valence-corrected chi connectivity index (χ2v) is 4.32. The third-order valence-corrected chi connectivity index (χ3v) is 2.47. The zero-order valence-corrected chi connectivity index (χ0v) is 12.7. The van der Waals surface area contributed by atoms with Crippen molar-refractivity contribution in [2.45, 2.75) is 52.5 Å². The van der Waals surface area contributed by atoms with Gasteiger partial charge < -0.3 is 9.47 Å². The molecule has 0 spiro atoms. The molecule has 1 fully saturated rings. The Bertz CT molecular complexity index is 331. The summed E-state index contributed by atoms with van der Waals surface area (Å²) < 4.78 is 8.85. The topological polar surface area (TPSA) is 106 Å². The number of esters is 2. The monoisotopic (exact) mass is 306 g/mol. The fourth-order valence-electron chi connectivity index (χ4n) is 1.65. The van der Waals surface area contributed by atoms with Gasteiger partial charge in [0.05, 0.1) is 17.6 Å². The Morgan fingerprint density at radius 3 is 2.14 bits per heavy atom. The van der Waals surface area contributed by atoms with Crippen LogP contribution in [-0.4, -0.2) is 36.4 Å². The van der Waals surface area contributed by atoms with Gasteiger partial charge in [0.15, 0.2) is 0 Å². The van der Waals surface area contributed by atoms with Gasteiger partial charge in [-0.15, -0.1) is 5.43 Å². The number of hydrogen-bond donors (Lipinski definition) is 2. The first-order valence-corrected chi connectivity index (χ1v) is 6.83. The fraction of sp³-hybridized carbons (Fsp3) is 0.833. The average molecular weight is 306 g/mol. The van der Waals surface area contributed by atoms with Crippen LogP contribution in [0.3, 0.4) is 0 Å². The van der Waals surface area contributed by atoms with Crippen molar-refractivity contribution in [3.63, 3.8) is 0 Å². The Hall–Kier alpha value is -1.90. The second kappa shape index (κ2) is 11.9. The van der Waals surface area contributed by atoms with Crippen molar-refractivity contribution in [3.8, 4) is 0 Å². The number of hydrazine groups is 2. The highest BCUT2D eigenvalue weighted by Crippen LogP contribution is 2.16. The molecule has 0 heterocycles. The molecule has 0 aromatic carbocycles. The first-order chi connectivity index (χ1) is 9.95. The molecule has 0 saturated heterocycles. The lowest BCUT2D eigenvalue weighted by Crippen LogP contribution is -2.43. The van der Waals surface area contributed by atoms with Crippen LogP contribution < -0.4 is 11.0 Å². The van der Waals surface area contributed by atoms with Crippen molar-refractivity contribution >= 4 is 11.9 Å². The maximum Gasteiger partial charge on any atom is 0.304 e. The van der Waals surface area contributed by atoms with E-state index in [1.807, 2.05) is 0 Å². The Morgan fingerprint density at radius 2 is 1.71 bits per heavy atom. The minimum atomic E-state index is -0.460. The van der Waals surface area contributed by atoms with Crippen LogP contribution in [0.15, 0.2) is 0 Å². The van der Waals surface area contributed by atoms with E-state index in [-0.39, 0.29) is 18.8 Å². The van der Waals surface area contributed by atoms with Gasteiger partial charge in [-0.25, -0.2) is 0 Å². The number of hydrogen-bond acceptors (Lipinski definition) is 6. The number of carbonyl (C=O) groups excluding carboxylic acids is 2. The molecule has 0 aromatic heterocycles. The predicted octanol–water partition coefficient (Wildman–Crippen LogP) is 0.739. The number of nitroso groups, excluding NO2 is 1. The number of carbonyl (C=O) groups is 2. The lowest BCUT2D eigenvalue weighted by molar-refractivity contribution is -0.713. The highest BCUT2D eigenvalue weighted by atomic mass is 16.8. The number of nitrogens with one attached hydrogen (secondary N) is 2. The van der Waals surface area contributed by atoms with Crippen molar-refractivity contribution in [2.75, 3.05) is 13.4 Å². The fourth-order valence-corrected chi connectivity index (χ4v) is 1.65. The largest absolute Gasteiger partial charge is 0.466 e. The van der Waals surface area contributed by atoms with E-state index in [9.17, 15) is 14.5 Å². The summed E-state index contributed by atoms with van der Waals surface area (Å²) in [6.07, 6.45) is 4.26. The summed E-state index contributed by atoms with van der Waals surface area (Å²) in [6.45, 7) is 4.62. The van der Waals surface area contributed by atoms with Gasteiger partial charge in [-0.1, -0.05) is 12.8 Å². The van der Waals surface area contributed by atoms with Gasteiger partial charge >= 0.3 is 11.9 Å². The molecule has 0 bridgehead atoms. The SMILES string of the molecule is CC(=O)OCON[N+](=O)NC1CCCC1.CCOC(C)=O. The molecule has 0 radical (unpaired) electrons. The molecule has 0 amide bonds. The molecular weight excluding hydrogens is 282 g/mol. The van der Waals surface area contributed by atoms with E-state index in [1.54, 1.807) is 6.92 Å². The van der Waals surface area contributed by atoms with Gasteiger partial charge in [-0.05, 0) is 19.8 Å². The average Bonchev–Trinajstić information content (AvgIpc) is 2.88. The van der Waals surface area contributed by atoms with Crippen molar-refractivity contribution in [1.29, 1.82) is 0 Å². The Kier molecular flexibility index (Phi) is 10.8. The Morgan fingerprint density at radius 1 is 1.14 bits per heavy atom. The zero-order chi connectivity index (χ0) is 16.1. The first kappa shape index (κ1) is 19.1. The molecule has 0 unspecified atom stereocenters. The lowest BCUT2D eigenvalue weighted by Gasteiger charge is -2.04. The summed E-state index contributed by atoms with van der Waals surface area (Å²) in [4.78, 5) is 36.2. The summed E-state index contributed by atoms with van der Waals surface area (Å²) in [5, 5.41) is 0. The van der Waals surface area contributed by atoms with Crippen LogP contribution in [-0.2, 0) is 23.9 Å². The van der Waals surface area contributed by atoms with Crippen LogP contribution in [0.1, 0.15) is 46.5 Å². The van der Waals surface area contributed by atoms with Crippen LogP contribution >= 0.6 is 0 Å². The molecule has 1 aliphatic carbocycles. The molecular formula is C12H24N3O6+. The molecule has 9 nitrogen and oxygen atoms in total. The molecule has 1 rings (SSSR count). The van der Waals surface area contributed by atoms with Crippen LogP contribution in [0, 0.1) is 4.91 Å². The van der Waals surface area contributed by atoms with Gasteiger partial charge in [0.2, 0.25) is 6.79 Å². The van der Waals surface area contributed by atoms with Crippen LogP contribution in [0.2, 0.25) is 0 Å². The quantitative estimate of drug-likeness (QED) is 0.233. The first-order valence-electron chi connectivity index (χ1n) is 6.83. The van der Waals surface area contributed by atoms with Crippen LogP contribution in [0.5, 0.6) is 0 Å². The van der Waals surface area contributed by atoms with E-state index in [0.29, 0.717) is 11.6 Å². The van der Waals surface area contributed by atoms with E-state index in [0.717, 1.165) is 25.7 Å². The molecule has 9 heteroatoms. The van der Waals surface area contributed by atoms with E-state index in [2.05, 4.69) is 25.3 Å². The third-order valence-electron chi connectivity index (χ3n) is 2.47. The molecule has 0 atom stereocenters. The molecule has 0 aromatic rings. The minimum Gasteiger partial charge on any atom is -0.466 e. The molecule has 1 aliphatic rings. The summed E-state index contributed by atoms with van der Waals surface area (Å²) in [5.41, 5.74) is 4.72. The van der Waals surface area contributed by atoms with E-state index < -0.39 is 5.97 Å². The smallest absolute Gasteiger partial charge is 0.304 e. The third kappa shape index (κ3) is 12.9. The molecule has 1 saturated carbocycles.